The lowest BCUT2D eigenvalue weighted by Gasteiger charge is -2.35. The smallest absolute Gasteiger partial charge is 0.227 e. The molecule has 0 unspecified atom stereocenters. The summed E-state index contributed by atoms with van der Waals surface area (Å²) >= 11 is 0. The Labute approximate surface area is 211 Å². The van der Waals surface area contributed by atoms with Crippen LogP contribution in [0.3, 0.4) is 0 Å². The minimum atomic E-state index is -0.569. The number of unbranched alkanes of at least 4 members (excludes halogenated alkanes) is 2. The Balaban J connectivity index is 1.64. The van der Waals surface area contributed by atoms with Crippen LogP contribution in [-0.2, 0) is 9.59 Å². The number of rotatable bonds is 6. The van der Waals surface area contributed by atoms with Crippen LogP contribution in [0.4, 0.5) is 15.8 Å². The van der Waals surface area contributed by atoms with Gasteiger partial charge < -0.3 is 5.32 Å². The topological polar surface area (TPSA) is 62.3 Å². The van der Waals surface area contributed by atoms with Gasteiger partial charge in [-0.15, -0.1) is 0 Å². The van der Waals surface area contributed by atoms with Gasteiger partial charge in [0, 0.05) is 36.5 Å². The molecule has 1 aliphatic carbocycles. The molecular weight excluding hydrogens is 453 g/mol. The second kappa shape index (κ2) is 10.4. The Morgan fingerprint density at radius 2 is 1.83 bits per heavy atom. The number of Topliss-reactive ketones (excluding diaryl/α,β-unsaturated/α-hetero) is 1. The van der Waals surface area contributed by atoms with E-state index in [0.29, 0.717) is 24.8 Å². The molecule has 36 heavy (non-hydrogen) atoms. The zero-order valence-corrected chi connectivity index (χ0v) is 20.4. The molecule has 5 rings (SSSR count). The monoisotopic (exact) mass is 483 g/mol. The summed E-state index contributed by atoms with van der Waals surface area (Å²) in [5.74, 6) is -0.381. The molecule has 1 amide bonds. The molecule has 0 saturated heterocycles. The lowest BCUT2D eigenvalue weighted by molar-refractivity contribution is -0.119. The van der Waals surface area contributed by atoms with E-state index in [1.165, 1.54) is 12.1 Å². The van der Waals surface area contributed by atoms with Gasteiger partial charge in [-0.05, 0) is 60.2 Å². The molecule has 2 atom stereocenters. The quantitative estimate of drug-likeness (QED) is 0.396. The number of amides is 1. The fourth-order valence-corrected chi connectivity index (χ4v) is 5.34. The van der Waals surface area contributed by atoms with Crippen LogP contribution in [0.1, 0.15) is 68.5 Å². The van der Waals surface area contributed by atoms with Crippen molar-refractivity contribution in [2.24, 2.45) is 0 Å². The van der Waals surface area contributed by atoms with Gasteiger partial charge in [-0.25, -0.2) is 4.39 Å². The highest BCUT2D eigenvalue weighted by Gasteiger charge is 2.41. The van der Waals surface area contributed by atoms with E-state index in [0.717, 1.165) is 47.5 Å². The Bertz CT molecular complexity index is 1290. The number of nitrogens with zero attached hydrogens (tertiary/aromatic N) is 2. The summed E-state index contributed by atoms with van der Waals surface area (Å²) < 4.78 is 13.6. The third kappa shape index (κ3) is 4.68. The van der Waals surface area contributed by atoms with Crippen LogP contribution >= 0.6 is 0 Å². The zero-order valence-electron chi connectivity index (χ0n) is 20.4. The molecule has 0 spiro atoms. The highest BCUT2D eigenvalue weighted by molar-refractivity contribution is 6.06. The summed E-state index contributed by atoms with van der Waals surface area (Å²) in [6.07, 6.45) is 7.55. The van der Waals surface area contributed by atoms with Crippen LogP contribution < -0.4 is 10.2 Å². The predicted octanol–water partition coefficient (Wildman–Crippen LogP) is 6.70. The summed E-state index contributed by atoms with van der Waals surface area (Å²) in [7, 11) is 0. The van der Waals surface area contributed by atoms with E-state index in [2.05, 4.69) is 17.2 Å². The lowest BCUT2D eigenvalue weighted by atomic mass is 9.78. The lowest BCUT2D eigenvalue weighted by Crippen LogP contribution is -2.38. The average Bonchev–Trinajstić information content (AvgIpc) is 3.04. The van der Waals surface area contributed by atoms with Gasteiger partial charge in [0.15, 0.2) is 5.78 Å². The Kier molecular flexibility index (Phi) is 6.94. The van der Waals surface area contributed by atoms with E-state index >= 15 is 0 Å². The number of carbonyl (C=O) groups is 2. The molecule has 1 aliphatic heterocycles. The molecule has 3 aromatic rings. The van der Waals surface area contributed by atoms with Crippen molar-refractivity contribution in [2.75, 3.05) is 10.2 Å². The van der Waals surface area contributed by atoms with Gasteiger partial charge in [0.1, 0.15) is 5.82 Å². The van der Waals surface area contributed by atoms with E-state index < -0.39 is 6.04 Å². The average molecular weight is 484 g/mol. The SMILES string of the molecule is CCCCCC(=O)N1c2ccccc2NC2=C(C(=O)C[C@@H](c3ccc(F)cc3)C2)[C@@H]1c1cccnc1. The summed E-state index contributed by atoms with van der Waals surface area (Å²) in [6, 6.07) is 17.3. The maximum atomic E-state index is 13.9. The van der Waals surface area contributed by atoms with Crippen molar-refractivity contribution in [1.82, 2.24) is 4.98 Å². The molecule has 2 aromatic carbocycles. The van der Waals surface area contributed by atoms with E-state index in [1.807, 2.05) is 36.4 Å². The van der Waals surface area contributed by atoms with Crippen molar-refractivity contribution in [3.8, 4) is 0 Å². The number of halogens is 1. The van der Waals surface area contributed by atoms with Crippen LogP contribution in [0.2, 0.25) is 0 Å². The summed E-state index contributed by atoms with van der Waals surface area (Å²) in [4.78, 5) is 33.8. The third-order valence-electron chi connectivity index (χ3n) is 7.09. The Morgan fingerprint density at radius 1 is 1.03 bits per heavy atom. The summed E-state index contributed by atoms with van der Waals surface area (Å²) in [5.41, 5.74) is 4.72. The fourth-order valence-electron chi connectivity index (χ4n) is 5.34. The van der Waals surface area contributed by atoms with Crippen LogP contribution in [0, 0.1) is 5.82 Å². The number of benzene rings is 2. The van der Waals surface area contributed by atoms with Crippen LogP contribution in [0.5, 0.6) is 0 Å². The molecule has 2 heterocycles. The first-order valence-corrected chi connectivity index (χ1v) is 12.7. The molecule has 0 radical (unpaired) electrons. The number of aromatic nitrogens is 1. The number of anilines is 2. The molecule has 0 saturated carbocycles. The van der Waals surface area contributed by atoms with Crippen molar-refractivity contribution in [3.05, 3.63) is 101 Å². The highest BCUT2D eigenvalue weighted by atomic mass is 19.1. The van der Waals surface area contributed by atoms with Gasteiger partial charge in [-0.2, -0.15) is 0 Å². The summed E-state index contributed by atoms with van der Waals surface area (Å²) in [6.45, 7) is 2.11. The standard InChI is InChI=1S/C30H30FN3O2/c1-2-3-4-11-28(36)34-26-10-6-5-9-24(26)33-25-17-22(20-12-14-23(31)15-13-20)18-27(35)29(25)30(34)21-8-7-16-32-19-21/h5-10,12-16,19,22,30,33H,2-4,11,17-18H2,1H3/t22-,30-/m0/s1. The summed E-state index contributed by atoms with van der Waals surface area (Å²) in [5, 5.41) is 3.53. The first-order valence-electron chi connectivity index (χ1n) is 12.7. The first-order chi connectivity index (χ1) is 17.6. The van der Waals surface area contributed by atoms with Gasteiger partial charge in [0.25, 0.3) is 0 Å². The van der Waals surface area contributed by atoms with Gasteiger partial charge in [-0.1, -0.05) is 50.1 Å². The van der Waals surface area contributed by atoms with Crippen molar-refractivity contribution in [2.45, 2.75) is 57.4 Å². The van der Waals surface area contributed by atoms with Crippen LogP contribution in [0.15, 0.2) is 84.3 Å². The second-order valence-corrected chi connectivity index (χ2v) is 9.52. The molecule has 2 aliphatic rings. The van der Waals surface area contributed by atoms with Gasteiger partial charge >= 0.3 is 0 Å². The number of carbonyl (C=O) groups excluding carboxylic acids is 2. The van der Waals surface area contributed by atoms with E-state index in [-0.39, 0.29) is 23.4 Å². The maximum Gasteiger partial charge on any atom is 0.227 e. The normalized spacial score (nSPS) is 19.3. The largest absolute Gasteiger partial charge is 0.357 e. The molecule has 1 N–H and O–H groups in total. The number of fused-ring (bicyclic) bond motifs is 1. The van der Waals surface area contributed by atoms with Gasteiger partial charge in [-0.3, -0.25) is 19.5 Å². The number of hydrogen-bond donors (Lipinski definition) is 1. The number of ketones is 1. The Hall–Kier alpha value is -3.80. The van der Waals surface area contributed by atoms with Crippen molar-refractivity contribution >= 4 is 23.1 Å². The number of hydrogen-bond acceptors (Lipinski definition) is 4. The minimum Gasteiger partial charge on any atom is -0.357 e. The zero-order chi connectivity index (χ0) is 25.1. The van der Waals surface area contributed by atoms with Crippen molar-refractivity contribution in [1.29, 1.82) is 0 Å². The third-order valence-corrected chi connectivity index (χ3v) is 7.09. The molecule has 6 heteroatoms. The predicted molar refractivity (Wildman–Crippen MR) is 139 cm³/mol. The number of nitrogens with one attached hydrogen (secondary N) is 1. The molecule has 0 fully saturated rings. The van der Waals surface area contributed by atoms with Gasteiger partial charge in [0.05, 0.1) is 17.4 Å². The molecular formula is C30H30FN3O2. The van der Waals surface area contributed by atoms with E-state index in [1.54, 1.807) is 29.4 Å². The fraction of sp³-hybridized carbons (Fsp3) is 0.300. The van der Waals surface area contributed by atoms with Gasteiger partial charge in [0.2, 0.25) is 5.91 Å². The molecule has 0 bridgehead atoms. The van der Waals surface area contributed by atoms with Crippen molar-refractivity contribution in [3.63, 3.8) is 0 Å². The molecule has 184 valence electrons. The number of para-hydroxylation sites is 2. The molecule has 1 aromatic heterocycles. The molecule has 5 nitrogen and oxygen atoms in total. The van der Waals surface area contributed by atoms with E-state index in [4.69, 9.17) is 0 Å². The minimum absolute atomic E-state index is 0.00578. The Morgan fingerprint density at radius 3 is 2.58 bits per heavy atom. The van der Waals surface area contributed by atoms with Crippen LogP contribution in [0.25, 0.3) is 0 Å². The second-order valence-electron chi connectivity index (χ2n) is 9.52. The maximum absolute atomic E-state index is 13.9. The van der Waals surface area contributed by atoms with Crippen molar-refractivity contribution < 1.29 is 14.0 Å². The number of allylic oxidation sites excluding steroid dienone is 1. The van der Waals surface area contributed by atoms with Crippen LogP contribution in [-0.4, -0.2) is 16.7 Å². The highest BCUT2D eigenvalue weighted by Crippen LogP contribution is 2.47. The first kappa shape index (κ1) is 23.9. The number of pyridine rings is 1. The van der Waals surface area contributed by atoms with E-state index in [9.17, 15) is 14.0 Å².